The molecule has 0 heterocycles. The van der Waals surface area contributed by atoms with E-state index in [0.29, 0.717) is 36.7 Å². The van der Waals surface area contributed by atoms with Gasteiger partial charge in [-0.2, -0.15) is 0 Å². The monoisotopic (exact) mass is 392 g/mol. The Morgan fingerprint density at radius 2 is 1.76 bits per heavy atom. The van der Waals surface area contributed by atoms with Crippen LogP contribution in [0.2, 0.25) is 0 Å². The number of ether oxygens (including phenoxy) is 2. The van der Waals surface area contributed by atoms with Gasteiger partial charge in [0, 0.05) is 5.56 Å². The topological polar surface area (TPSA) is 55.8 Å². The molecule has 4 nitrogen and oxygen atoms in total. The van der Waals surface area contributed by atoms with Crippen molar-refractivity contribution in [1.29, 1.82) is 0 Å². The van der Waals surface area contributed by atoms with Gasteiger partial charge in [-0.15, -0.1) is 0 Å². The van der Waals surface area contributed by atoms with Gasteiger partial charge in [-0.1, -0.05) is 42.5 Å². The summed E-state index contributed by atoms with van der Waals surface area (Å²) in [5, 5.41) is 8.91. The highest BCUT2D eigenvalue weighted by Gasteiger charge is 2.43. The summed E-state index contributed by atoms with van der Waals surface area (Å²) in [5.74, 6) is 0.0565. The number of carboxylic acid groups (broad SMARTS) is 1. The summed E-state index contributed by atoms with van der Waals surface area (Å²) in [7, 11) is 0. The number of aliphatic carboxylic acids is 1. The number of benzene rings is 3. The number of hydrogen-bond acceptors (Lipinski definition) is 3. The first-order chi connectivity index (χ1) is 14.1. The standard InChI is InChI=1S/C24H21FO4/c25-23-11-10-20(29-19-4-2-1-3-5-19)13-21(23)17-8-6-16(7-9-17)14-28-15-18-12-22(18)24(26)27/h1-11,13,18,22H,12,14-15H2,(H,26,27)/t18-,22+/m0/s1. The number of carbonyl (C=O) groups is 1. The van der Waals surface area contributed by atoms with E-state index >= 15 is 0 Å². The van der Waals surface area contributed by atoms with Crippen LogP contribution in [-0.2, 0) is 16.1 Å². The van der Waals surface area contributed by atoms with E-state index in [2.05, 4.69) is 0 Å². The quantitative estimate of drug-likeness (QED) is 0.548. The number of halogens is 1. The van der Waals surface area contributed by atoms with Crippen molar-refractivity contribution < 1.29 is 23.8 Å². The van der Waals surface area contributed by atoms with Gasteiger partial charge in [0.05, 0.1) is 19.1 Å². The zero-order valence-electron chi connectivity index (χ0n) is 15.8. The number of carboxylic acids is 1. The number of hydrogen-bond donors (Lipinski definition) is 1. The summed E-state index contributed by atoms with van der Waals surface area (Å²) in [6, 6.07) is 21.5. The van der Waals surface area contributed by atoms with Gasteiger partial charge >= 0.3 is 5.97 Å². The second-order valence-electron chi connectivity index (χ2n) is 7.21. The maximum atomic E-state index is 14.4. The number of para-hydroxylation sites is 1. The van der Waals surface area contributed by atoms with Crippen LogP contribution in [0.25, 0.3) is 11.1 Å². The van der Waals surface area contributed by atoms with Gasteiger partial charge in [0.2, 0.25) is 0 Å². The molecular formula is C24H21FO4. The van der Waals surface area contributed by atoms with E-state index in [-0.39, 0.29) is 17.7 Å². The van der Waals surface area contributed by atoms with Crippen molar-refractivity contribution in [2.45, 2.75) is 13.0 Å². The van der Waals surface area contributed by atoms with Crippen molar-refractivity contribution in [2.24, 2.45) is 11.8 Å². The molecule has 1 aliphatic rings. The fourth-order valence-corrected chi connectivity index (χ4v) is 3.26. The van der Waals surface area contributed by atoms with Crippen molar-refractivity contribution >= 4 is 5.97 Å². The Morgan fingerprint density at radius 3 is 2.45 bits per heavy atom. The Morgan fingerprint density at radius 1 is 1.00 bits per heavy atom. The molecule has 1 saturated carbocycles. The third-order valence-electron chi connectivity index (χ3n) is 5.02. The normalized spacial score (nSPS) is 17.7. The van der Waals surface area contributed by atoms with Crippen LogP contribution in [0.15, 0.2) is 72.8 Å². The maximum absolute atomic E-state index is 14.4. The highest BCUT2D eigenvalue weighted by atomic mass is 19.1. The molecule has 0 unspecified atom stereocenters. The molecule has 148 valence electrons. The Kier molecular flexibility index (Phi) is 5.58. The lowest BCUT2D eigenvalue weighted by Gasteiger charge is -2.10. The molecule has 1 fully saturated rings. The average Bonchev–Trinajstić information content (AvgIpc) is 3.51. The fourth-order valence-electron chi connectivity index (χ4n) is 3.26. The van der Waals surface area contributed by atoms with E-state index < -0.39 is 5.97 Å². The van der Waals surface area contributed by atoms with Crippen LogP contribution in [0.1, 0.15) is 12.0 Å². The minimum Gasteiger partial charge on any atom is -0.481 e. The largest absolute Gasteiger partial charge is 0.481 e. The fraction of sp³-hybridized carbons (Fsp3) is 0.208. The molecule has 1 aliphatic carbocycles. The van der Waals surface area contributed by atoms with E-state index in [9.17, 15) is 9.18 Å². The zero-order chi connectivity index (χ0) is 20.2. The van der Waals surface area contributed by atoms with Gasteiger partial charge < -0.3 is 14.6 Å². The van der Waals surface area contributed by atoms with E-state index in [1.54, 1.807) is 12.1 Å². The lowest BCUT2D eigenvalue weighted by molar-refractivity contribution is -0.139. The van der Waals surface area contributed by atoms with Gasteiger partial charge in [0.15, 0.2) is 0 Å². The summed E-state index contributed by atoms with van der Waals surface area (Å²) in [4.78, 5) is 10.8. The minimum absolute atomic E-state index is 0.119. The second kappa shape index (κ2) is 8.45. The predicted molar refractivity (Wildman–Crippen MR) is 107 cm³/mol. The van der Waals surface area contributed by atoms with Gasteiger partial charge in [-0.25, -0.2) is 4.39 Å². The summed E-state index contributed by atoms with van der Waals surface area (Å²) in [5.41, 5.74) is 2.17. The Balaban J connectivity index is 1.39. The summed E-state index contributed by atoms with van der Waals surface area (Å²) in [6.45, 7) is 0.856. The molecule has 3 aromatic rings. The first-order valence-electron chi connectivity index (χ1n) is 9.52. The molecule has 0 saturated heterocycles. The molecule has 0 spiro atoms. The molecule has 1 N–H and O–H groups in total. The SMILES string of the molecule is O=C(O)[C@@H]1C[C@H]1COCc1ccc(-c2cc(Oc3ccccc3)ccc2F)cc1. The van der Waals surface area contributed by atoms with Crippen molar-refractivity contribution in [1.82, 2.24) is 0 Å². The first kappa shape index (κ1) is 19.2. The zero-order valence-corrected chi connectivity index (χ0v) is 15.8. The van der Waals surface area contributed by atoms with Crippen LogP contribution in [0.4, 0.5) is 4.39 Å². The molecule has 4 rings (SSSR count). The molecule has 0 aliphatic heterocycles. The first-order valence-corrected chi connectivity index (χ1v) is 9.52. The smallest absolute Gasteiger partial charge is 0.306 e. The lowest BCUT2D eigenvalue weighted by atomic mass is 10.0. The predicted octanol–water partition coefficient (Wildman–Crippen LogP) is 5.52. The second-order valence-corrected chi connectivity index (χ2v) is 7.21. The molecule has 0 aromatic heterocycles. The van der Waals surface area contributed by atoms with E-state index in [4.69, 9.17) is 14.6 Å². The molecule has 0 radical (unpaired) electrons. The Hall–Kier alpha value is -3.18. The summed E-state index contributed by atoms with van der Waals surface area (Å²) < 4.78 is 25.8. The third-order valence-corrected chi connectivity index (χ3v) is 5.02. The Bertz CT molecular complexity index is 986. The van der Waals surface area contributed by atoms with Crippen LogP contribution in [-0.4, -0.2) is 17.7 Å². The van der Waals surface area contributed by atoms with Crippen molar-refractivity contribution in [3.63, 3.8) is 0 Å². The molecular weight excluding hydrogens is 371 g/mol. The third kappa shape index (κ3) is 4.81. The van der Waals surface area contributed by atoms with Crippen LogP contribution < -0.4 is 4.74 Å². The van der Waals surface area contributed by atoms with Crippen LogP contribution in [0, 0.1) is 17.7 Å². The average molecular weight is 392 g/mol. The van der Waals surface area contributed by atoms with Gasteiger partial charge in [-0.3, -0.25) is 4.79 Å². The molecule has 0 amide bonds. The van der Waals surface area contributed by atoms with E-state index in [1.165, 1.54) is 6.07 Å². The van der Waals surface area contributed by atoms with Gasteiger partial charge in [0.25, 0.3) is 0 Å². The van der Waals surface area contributed by atoms with Gasteiger partial charge in [-0.05, 0) is 53.8 Å². The highest BCUT2D eigenvalue weighted by Crippen LogP contribution is 2.38. The molecule has 3 aromatic carbocycles. The lowest BCUT2D eigenvalue weighted by Crippen LogP contribution is -2.04. The van der Waals surface area contributed by atoms with Crippen LogP contribution in [0.5, 0.6) is 11.5 Å². The van der Waals surface area contributed by atoms with Crippen molar-refractivity contribution in [2.75, 3.05) is 6.61 Å². The molecule has 2 atom stereocenters. The van der Waals surface area contributed by atoms with Crippen molar-refractivity contribution in [3.8, 4) is 22.6 Å². The number of rotatable bonds is 8. The van der Waals surface area contributed by atoms with Crippen LogP contribution in [0.3, 0.4) is 0 Å². The minimum atomic E-state index is -0.747. The van der Waals surface area contributed by atoms with Gasteiger partial charge in [0.1, 0.15) is 17.3 Å². The highest BCUT2D eigenvalue weighted by molar-refractivity contribution is 5.73. The summed E-state index contributed by atoms with van der Waals surface area (Å²) in [6.07, 6.45) is 0.689. The molecule has 0 bridgehead atoms. The summed E-state index contributed by atoms with van der Waals surface area (Å²) >= 11 is 0. The van der Waals surface area contributed by atoms with E-state index in [0.717, 1.165) is 11.1 Å². The van der Waals surface area contributed by atoms with E-state index in [1.807, 2.05) is 54.6 Å². The van der Waals surface area contributed by atoms with Crippen molar-refractivity contribution in [3.05, 3.63) is 84.2 Å². The maximum Gasteiger partial charge on any atom is 0.306 e. The molecule has 5 heteroatoms. The Labute approximate surface area is 168 Å². The van der Waals surface area contributed by atoms with Crippen LogP contribution >= 0.6 is 0 Å². The molecule has 29 heavy (non-hydrogen) atoms.